The summed E-state index contributed by atoms with van der Waals surface area (Å²) in [5, 5.41) is 0. The lowest BCUT2D eigenvalue weighted by atomic mass is 9.81. The highest BCUT2D eigenvalue weighted by atomic mass is 16.7. The first-order valence-electron chi connectivity index (χ1n) is 10.6. The highest BCUT2D eigenvalue weighted by Crippen LogP contribution is 2.44. The first-order valence-corrected chi connectivity index (χ1v) is 10.6. The van der Waals surface area contributed by atoms with Gasteiger partial charge in [0.05, 0.1) is 25.7 Å². The van der Waals surface area contributed by atoms with Crippen molar-refractivity contribution in [3.05, 3.63) is 47.2 Å². The van der Waals surface area contributed by atoms with Gasteiger partial charge >= 0.3 is 5.97 Å². The van der Waals surface area contributed by atoms with Crippen LogP contribution in [0.25, 0.3) is 0 Å². The van der Waals surface area contributed by atoms with Crippen molar-refractivity contribution in [3.8, 4) is 0 Å². The van der Waals surface area contributed by atoms with Gasteiger partial charge in [0.1, 0.15) is 0 Å². The molecule has 1 spiro atoms. The molecule has 152 valence electrons. The summed E-state index contributed by atoms with van der Waals surface area (Å²) in [5.41, 5.74) is 3.96. The largest absolute Gasteiger partial charge is 0.465 e. The summed E-state index contributed by atoms with van der Waals surface area (Å²) in [6.45, 7) is 5.51. The summed E-state index contributed by atoms with van der Waals surface area (Å²) in [4.78, 5) is 15.1. The second-order valence-electron chi connectivity index (χ2n) is 8.12. The molecule has 5 nitrogen and oxygen atoms in total. The first-order chi connectivity index (χ1) is 13.7. The van der Waals surface area contributed by atoms with Gasteiger partial charge in [-0.25, -0.2) is 0 Å². The van der Waals surface area contributed by atoms with E-state index in [-0.39, 0.29) is 11.9 Å². The number of carbonyl (C=O) groups is 1. The summed E-state index contributed by atoms with van der Waals surface area (Å²) < 4.78 is 17.5. The van der Waals surface area contributed by atoms with Crippen LogP contribution in [0.5, 0.6) is 0 Å². The summed E-state index contributed by atoms with van der Waals surface area (Å²) in [7, 11) is 0. The van der Waals surface area contributed by atoms with Gasteiger partial charge in [0.15, 0.2) is 5.79 Å². The zero-order valence-corrected chi connectivity index (χ0v) is 16.8. The second kappa shape index (κ2) is 8.66. The SMILES string of the molecule is CCCCOC(=O)C1CC2=C(CCC3(C2)OCCO3)N(Cc2ccccc2)C1. The number of hydrogen-bond donors (Lipinski definition) is 0. The number of benzene rings is 1. The minimum absolute atomic E-state index is 0.0639. The molecule has 0 bridgehead atoms. The minimum Gasteiger partial charge on any atom is -0.465 e. The van der Waals surface area contributed by atoms with E-state index in [1.807, 2.05) is 6.07 Å². The van der Waals surface area contributed by atoms with Crippen LogP contribution in [0.1, 0.15) is 51.0 Å². The van der Waals surface area contributed by atoms with E-state index in [2.05, 4.69) is 36.1 Å². The average molecular weight is 386 g/mol. The van der Waals surface area contributed by atoms with Crippen LogP contribution in [0.15, 0.2) is 41.6 Å². The van der Waals surface area contributed by atoms with Crippen molar-refractivity contribution in [2.45, 2.75) is 57.8 Å². The van der Waals surface area contributed by atoms with Crippen molar-refractivity contribution < 1.29 is 19.0 Å². The molecule has 1 aromatic rings. The monoisotopic (exact) mass is 385 g/mol. The van der Waals surface area contributed by atoms with Crippen LogP contribution >= 0.6 is 0 Å². The van der Waals surface area contributed by atoms with E-state index in [0.717, 1.165) is 51.6 Å². The van der Waals surface area contributed by atoms with Gasteiger partial charge in [-0.2, -0.15) is 0 Å². The van der Waals surface area contributed by atoms with Gasteiger partial charge in [-0.05, 0) is 30.4 Å². The molecule has 0 amide bonds. The molecule has 1 fully saturated rings. The number of rotatable bonds is 6. The number of esters is 1. The van der Waals surface area contributed by atoms with E-state index in [1.165, 1.54) is 16.8 Å². The van der Waals surface area contributed by atoms with Crippen LogP contribution in [-0.2, 0) is 25.5 Å². The molecule has 0 saturated carbocycles. The molecule has 1 atom stereocenters. The van der Waals surface area contributed by atoms with Crippen molar-refractivity contribution in [1.29, 1.82) is 0 Å². The maximum Gasteiger partial charge on any atom is 0.311 e. The zero-order valence-electron chi connectivity index (χ0n) is 16.8. The highest BCUT2D eigenvalue weighted by Gasteiger charge is 2.44. The van der Waals surface area contributed by atoms with E-state index >= 15 is 0 Å². The van der Waals surface area contributed by atoms with Gasteiger partial charge < -0.3 is 19.1 Å². The Labute approximate surface area is 167 Å². The number of unbranched alkanes of at least 4 members (excludes halogenated alkanes) is 1. The molecule has 1 saturated heterocycles. The molecule has 0 N–H and O–H groups in total. The Morgan fingerprint density at radius 1 is 1.25 bits per heavy atom. The number of hydrogen-bond acceptors (Lipinski definition) is 5. The lowest BCUT2D eigenvalue weighted by Crippen LogP contribution is -2.43. The molecule has 2 aliphatic heterocycles. The lowest BCUT2D eigenvalue weighted by Gasteiger charge is -2.43. The van der Waals surface area contributed by atoms with Crippen molar-refractivity contribution >= 4 is 5.97 Å². The minimum atomic E-state index is -0.467. The van der Waals surface area contributed by atoms with E-state index in [9.17, 15) is 4.79 Å². The van der Waals surface area contributed by atoms with Crippen molar-refractivity contribution in [1.82, 2.24) is 4.90 Å². The van der Waals surface area contributed by atoms with Crippen LogP contribution in [-0.4, -0.2) is 43.0 Å². The Hall–Kier alpha value is -1.85. The number of allylic oxidation sites excluding steroid dienone is 1. The highest BCUT2D eigenvalue weighted by molar-refractivity contribution is 5.73. The average Bonchev–Trinajstić information content (AvgIpc) is 3.16. The zero-order chi connectivity index (χ0) is 19.4. The Balaban J connectivity index is 1.53. The molecular formula is C23H31NO4. The normalized spacial score (nSPS) is 23.8. The van der Waals surface area contributed by atoms with E-state index in [0.29, 0.717) is 19.8 Å². The maximum absolute atomic E-state index is 12.7. The van der Waals surface area contributed by atoms with Gasteiger partial charge in [-0.15, -0.1) is 0 Å². The summed E-state index contributed by atoms with van der Waals surface area (Å²) in [6, 6.07) is 10.5. The quantitative estimate of drug-likeness (QED) is 0.546. The van der Waals surface area contributed by atoms with Crippen LogP contribution in [0, 0.1) is 5.92 Å². The van der Waals surface area contributed by atoms with Gasteiger partial charge in [0, 0.05) is 31.6 Å². The van der Waals surface area contributed by atoms with Crippen molar-refractivity contribution in [2.24, 2.45) is 5.92 Å². The van der Waals surface area contributed by atoms with Crippen molar-refractivity contribution in [2.75, 3.05) is 26.4 Å². The molecular weight excluding hydrogens is 354 g/mol. The Morgan fingerprint density at radius 2 is 2.04 bits per heavy atom. The summed E-state index contributed by atoms with van der Waals surface area (Å²) in [5.74, 6) is -0.646. The predicted molar refractivity (Wildman–Crippen MR) is 106 cm³/mol. The molecule has 1 unspecified atom stereocenters. The fraction of sp³-hybridized carbons (Fsp3) is 0.609. The van der Waals surface area contributed by atoms with Crippen LogP contribution in [0.3, 0.4) is 0 Å². The van der Waals surface area contributed by atoms with Crippen LogP contribution < -0.4 is 0 Å². The Kier molecular flexibility index (Phi) is 6.02. The third kappa shape index (κ3) is 4.26. The number of ether oxygens (including phenoxy) is 3. The molecule has 5 heteroatoms. The summed E-state index contributed by atoms with van der Waals surface area (Å²) in [6.07, 6.45) is 5.32. The molecule has 1 aliphatic carbocycles. The van der Waals surface area contributed by atoms with Gasteiger partial charge in [-0.1, -0.05) is 43.7 Å². The van der Waals surface area contributed by atoms with Gasteiger partial charge in [-0.3, -0.25) is 4.79 Å². The fourth-order valence-corrected chi connectivity index (χ4v) is 4.61. The Bertz CT molecular complexity index is 709. The third-order valence-electron chi connectivity index (χ3n) is 6.05. The van der Waals surface area contributed by atoms with Crippen LogP contribution in [0.2, 0.25) is 0 Å². The number of nitrogens with zero attached hydrogens (tertiary/aromatic N) is 1. The molecule has 2 heterocycles. The Morgan fingerprint density at radius 3 is 2.79 bits per heavy atom. The topological polar surface area (TPSA) is 48.0 Å². The van der Waals surface area contributed by atoms with Gasteiger partial charge in [0.25, 0.3) is 0 Å². The van der Waals surface area contributed by atoms with Crippen LogP contribution in [0.4, 0.5) is 0 Å². The molecule has 0 radical (unpaired) electrons. The van der Waals surface area contributed by atoms with E-state index < -0.39 is 5.79 Å². The molecule has 3 aliphatic rings. The third-order valence-corrected chi connectivity index (χ3v) is 6.05. The second-order valence-corrected chi connectivity index (χ2v) is 8.12. The first kappa shape index (κ1) is 19.5. The fourth-order valence-electron chi connectivity index (χ4n) is 4.61. The molecule has 4 rings (SSSR count). The van der Waals surface area contributed by atoms with Crippen molar-refractivity contribution in [3.63, 3.8) is 0 Å². The molecule has 0 aromatic heterocycles. The lowest BCUT2D eigenvalue weighted by molar-refractivity contribution is -0.168. The molecule has 28 heavy (non-hydrogen) atoms. The molecule has 1 aromatic carbocycles. The van der Waals surface area contributed by atoms with E-state index in [1.54, 1.807) is 0 Å². The standard InChI is InChI=1S/C23H31NO4/c1-2-3-11-26-22(25)20-14-19-15-23(27-12-13-28-23)10-9-21(19)24(17-20)16-18-7-5-4-6-8-18/h4-8,20H,2-3,9-17H2,1H3. The van der Waals surface area contributed by atoms with E-state index in [4.69, 9.17) is 14.2 Å². The number of carbonyl (C=O) groups excluding carboxylic acids is 1. The smallest absolute Gasteiger partial charge is 0.311 e. The van der Waals surface area contributed by atoms with Gasteiger partial charge in [0.2, 0.25) is 0 Å². The maximum atomic E-state index is 12.7. The summed E-state index contributed by atoms with van der Waals surface area (Å²) >= 11 is 0. The predicted octanol–water partition coefficient (Wildman–Crippen LogP) is 4.03.